The molecule has 1 atom stereocenters. The van der Waals surface area contributed by atoms with Crippen molar-refractivity contribution in [3.8, 4) is 0 Å². The largest absolute Gasteiger partial charge is 0.382 e. The van der Waals surface area contributed by atoms with Crippen molar-refractivity contribution in [3.63, 3.8) is 0 Å². The molecule has 16 heavy (non-hydrogen) atoms. The number of nitrogens with zero attached hydrogens (tertiary/aromatic N) is 3. The lowest BCUT2D eigenvalue weighted by molar-refractivity contribution is 0.621. The summed E-state index contributed by atoms with van der Waals surface area (Å²) in [5, 5.41) is 7.49. The van der Waals surface area contributed by atoms with E-state index in [0.29, 0.717) is 17.6 Å². The molecular weight excluding hydrogens is 202 g/mol. The van der Waals surface area contributed by atoms with Crippen molar-refractivity contribution >= 4 is 11.7 Å². The van der Waals surface area contributed by atoms with Gasteiger partial charge in [0.1, 0.15) is 11.5 Å². The van der Waals surface area contributed by atoms with Crippen molar-refractivity contribution in [2.75, 3.05) is 11.4 Å². The highest BCUT2D eigenvalue weighted by atomic mass is 15.2. The number of hydrogen-bond donors (Lipinski definition) is 2. The summed E-state index contributed by atoms with van der Waals surface area (Å²) < 4.78 is 0. The number of hydrogen-bond acceptors (Lipinski definition) is 4. The minimum absolute atomic E-state index is 0.0372. The molecule has 0 aliphatic carbocycles. The second-order valence-corrected chi connectivity index (χ2v) is 3.69. The highest BCUT2D eigenvalue weighted by Gasteiger charge is 2.18. The molecule has 1 aromatic heterocycles. The van der Waals surface area contributed by atoms with E-state index >= 15 is 0 Å². The van der Waals surface area contributed by atoms with Crippen LogP contribution in [0.5, 0.6) is 0 Å². The van der Waals surface area contributed by atoms with Crippen LogP contribution in [0.4, 0.5) is 5.82 Å². The highest BCUT2D eigenvalue weighted by molar-refractivity contribution is 5.97. The molecule has 1 aromatic rings. The lowest BCUT2D eigenvalue weighted by Gasteiger charge is -2.29. The molecule has 0 bridgehead atoms. The van der Waals surface area contributed by atoms with E-state index in [1.54, 1.807) is 12.4 Å². The first-order valence-corrected chi connectivity index (χ1v) is 5.53. The predicted octanol–water partition coefficient (Wildman–Crippen LogP) is 1.39. The van der Waals surface area contributed by atoms with Gasteiger partial charge in [0.2, 0.25) is 0 Å². The Labute approximate surface area is 96.2 Å². The molecule has 0 radical (unpaired) electrons. The quantitative estimate of drug-likeness (QED) is 0.581. The smallest absolute Gasteiger partial charge is 0.158 e. The van der Waals surface area contributed by atoms with Gasteiger partial charge in [-0.05, 0) is 20.3 Å². The first-order valence-electron chi connectivity index (χ1n) is 5.53. The van der Waals surface area contributed by atoms with Crippen molar-refractivity contribution < 1.29 is 0 Å². The van der Waals surface area contributed by atoms with Crippen molar-refractivity contribution in [2.45, 2.75) is 33.2 Å². The SMILES string of the molecule is CCC(C)N(CC)c1nccnc1C(=N)N. The van der Waals surface area contributed by atoms with E-state index in [2.05, 4.69) is 35.6 Å². The fourth-order valence-corrected chi connectivity index (χ4v) is 1.62. The van der Waals surface area contributed by atoms with Crippen LogP contribution in [0.25, 0.3) is 0 Å². The van der Waals surface area contributed by atoms with Gasteiger partial charge in [-0.25, -0.2) is 9.97 Å². The van der Waals surface area contributed by atoms with E-state index in [1.807, 2.05) is 0 Å². The van der Waals surface area contributed by atoms with Crippen molar-refractivity contribution in [1.82, 2.24) is 9.97 Å². The molecule has 1 rings (SSSR count). The molecule has 0 fully saturated rings. The van der Waals surface area contributed by atoms with E-state index < -0.39 is 0 Å². The van der Waals surface area contributed by atoms with Gasteiger partial charge in [0.25, 0.3) is 0 Å². The average molecular weight is 221 g/mol. The monoisotopic (exact) mass is 221 g/mol. The molecule has 88 valence electrons. The standard InChI is InChI=1S/C11H19N5/c1-4-8(3)16(5-2)11-9(10(12)13)14-6-7-15-11/h6-8H,4-5H2,1-3H3,(H3,12,13). The van der Waals surface area contributed by atoms with E-state index in [-0.39, 0.29) is 5.84 Å². The van der Waals surface area contributed by atoms with Crippen molar-refractivity contribution in [2.24, 2.45) is 5.73 Å². The molecule has 0 aliphatic rings. The second kappa shape index (κ2) is 5.44. The van der Waals surface area contributed by atoms with Crippen LogP contribution in [0.15, 0.2) is 12.4 Å². The fourth-order valence-electron chi connectivity index (χ4n) is 1.62. The summed E-state index contributed by atoms with van der Waals surface area (Å²) in [6.45, 7) is 7.14. The number of nitrogens with two attached hydrogens (primary N) is 1. The molecule has 0 saturated carbocycles. The van der Waals surface area contributed by atoms with Crippen molar-refractivity contribution in [3.05, 3.63) is 18.1 Å². The maximum atomic E-state index is 7.49. The van der Waals surface area contributed by atoms with Crippen LogP contribution in [-0.2, 0) is 0 Å². The Bertz CT molecular complexity index is 363. The van der Waals surface area contributed by atoms with E-state index in [0.717, 1.165) is 13.0 Å². The molecule has 1 unspecified atom stereocenters. The zero-order valence-electron chi connectivity index (χ0n) is 10.1. The van der Waals surface area contributed by atoms with Gasteiger partial charge in [0.05, 0.1) is 0 Å². The summed E-state index contributed by atoms with van der Waals surface area (Å²) in [7, 11) is 0. The summed E-state index contributed by atoms with van der Waals surface area (Å²) in [5.74, 6) is 0.664. The number of amidine groups is 1. The number of rotatable bonds is 5. The molecule has 5 nitrogen and oxygen atoms in total. The molecule has 0 amide bonds. The molecular formula is C11H19N5. The lowest BCUT2D eigenvalue weighted by Crippen LogP contribution is -2.35. The minimum atomic E-state index is -0.0372. The van der Waals surface area contributed by atoms with Crippen LogP contribution < -0.4 is 10.6 Å². The Morgan fingerprint density at radius 1 is 1.44 bits per heavy atom. The molecule has 0 aliphatic heterocycles. The number of nitrogens with one attached hydrogen (secondary N) is 1. The minimum Gasteiger partial charge on any atom is -0.382 e. The molecule has 0 spiro atoms. The summed E-state index contributed by atoms with van der Waals surface area (Å²) in [6.07, 6.45) is 4.21. The zero-order valence-corrected chi connectivity index (χ0v) is 10.1. The molecule has 5 heteroatoms. The normalized spacial score (nSPS) is 12.2. The van der Waals surface area contributed by atoms with E-state index in [1.165, 1.54) is 0 Å². The Hall–Kier alpha value is -1.65. The third kappa shape index (κ3) is 2.48. The maximum absolute atomic E-state index is 7.49. The second-order valence-electron chi connectivity index (χ2n) is 3.69. The van der Waals surface area contributed by atoms with E-state index in [4.69, 9.17) is 11.1 Å². The third-order valence-electron chi connectivity index (χ3n) is 2.67. The average Bonchev–Trinajstić information content (AvgIpc) is 2.30. The van der Waals surface area contributed by atoms with Gasteiger partial charge in [-0.2, -0.15) is 0 Å². The van der Waals surface area contributed by atoms with Gasteiger partial charge in [0.15, 0.2) is 5.82 Å². The zero-order chi connectivity index (χ0) is 12.1. The van der Waals surface area contributed by atoms with Crippen LogP contribution in [0, 0.1) is 5.41 Å². The van der Waals surface area contributed by atoms with E-state index in [9.17, 15) is 0 Å². The van der Waals surface area contributed by atoms with Gasteiger partial charge < -0.3 is 10.6 Å². The summed E-state index contributed by atoms with van der Waals surface area (Å²) in [5.41, 5.74) is 5.97. The van der Waals surface area contributed by atoms with Crippen LogP contribution in [-0.4, -0.2) is 28.4 Å². The van der Waals surface area contributed by atoms with Gasteiger partial charge >= 0.3 is 0 Å². The van der Waals surface area contributed by atoms with Crippen molar-refractivity contribution in [1.29, 1.82) is 5.41 Å². The summed E-state index contributed by atoms with van der Waals surface area (Å²) in [6, 6.07) is 0.361. The Morgan fingerprint density at radius 3 is 2.56 bits per heavy atom. The van der Waals surface area contributed by atoms with Crippen LogP contribution in [0.2, 0.25) is 0 Å². The summed E-state index contributed by atoms with van der Waals surface area (Å²) >= 11 is 0. The number of nitrogen functional groups attached to an aromatic ring is 1. The fraction of sp³-hybridized carbons (Fsp3) is 0.545. The van der Waals surface area contributed by atoms with Gasteiger partial charge in [-0.1, -0.05) is 6.92 Å². The lowest BCUT2D eigenvalue weighted by atomic mass is 10.2. The number of anilines is 1. The van der Waals surface area contributed by atoms with Crippen LogP contribution >= 0.6 is 0 Å². The van der Waals surface area contributed by atoms with Gasteiger partial charge in [0, 0.05) is 25.0 Å². The van der Waals surface area contributed by atoms with Gasteiger partial charge in [-0.15, -0.1) is 0 Å². The molecule has 0 aromatic carbocycles. The first-order chi connectivity index (χ1) is 7.61. The molecule has 0 saturated heterocycles. The summed E-state index contributed by atoms with van der Waals surface area (Å²) in [4.78, 5) is 10.5. The first kappa shape index (κ1) is 12.4. The Balaban J connectivity index is 3.14. The molecule has 1 heterocycles. The van der Waals surface area contributed by atoms with Crippen LogP contribution in [0.1, 0.15) is 32.9 Å². The number of aromatic nitrogens is 2. The molecule has 3 N–H and O–H groups in total. The maximum Gasteiger partial charge on any atom is 0.158 e. The highest BCUT2D eigenvalue weighted by Crippen LogP contribution is 2.18. The Kier molecular flexibility index (Phi) is 4.22. The Morgan fingerprint density at radius 2 is 2.06 bits per heavy atom. The third-order valence-corrected chi connectivity index (χ3v) is 2.67. The predicted molar refractivity (Wildman–Crippen MR) is 65.8 cm³/mol. The topological polar surface area (TPSA) is 78.9 Å². The van der Waals surface area contributed by atoms with Gasteiger partial charge in [-0.3, -0.25) is 5.41 Å². The van der Waals surface area contributed by atoms with Crippen LogP contribution in [0.3, 0.4) is 0 Å².